The van der Waals surface area contributed by atoms with Gasteiger partial charge in [-0.25, -0.2) is 0 Å². The van der Waals surface area contributed by atoms with E-state index in [-0.39, 0.29) is 41.9 Å². The summed E-state index contributed by atoms with van der Waals surface area (Å²) in [5, 5.41) is 0. The van der Waals surface area contributed by atoms with Crippen LogP contribution in [0.3, 0.4) is 0 Å². The van der Waals surface area contributed by atoms with Crippen molar-refractivity contribution in [3.05, 3.63) is 41.3 Å². The molecule has 1 N–H and O–H groups in total. The molecule has 0 spiro atoms. The zero-order valence-electron chi connectivity index (χ0n) is 5.48. The molecule has 0 atom stereocenters. The van der Waals surface area contributed by atoms with Crippen molar-refractivity contribution in [1.82, 2.24) is 0 Å². The van der Waals surface area contributed by atoms with Gasteiger partial charge in [0.15, 0.2) is 0 Å². The first-order valence-electron chi connectivity index (χ1n) is 2.20. The fourth-order valence-electron chi connectivity index (χ4n) is 0.385. The molecule has 64 valence electrons. The summed E-state index contributed by atoms with van der Waals surface area (Å²) in [6.07, 6.45) is 0. The predicted octanol–water partition coefficient (Wildman–Crippen LogP) is -3.98. The SMILES string of the molecule is N=O.[Cl-].[Cl-].[Fe+2].c1ccccc1. The van der Waals surface area contributed by atoms with Crippen LogP contribution in [0.15, 0.2) is 36.4 Å². The Balaban J connectivity index is -0.0000000459. The topological polar surface area (TPSA) is 40.9 Å². The van der Waals surface area contributed by atoms with Gasteiger partial charge in [-0.2, -0.15) is 4.91 Å². The van der Waals surface area contributed by atoms with E-state index >= 15 is 0 Å². The van der Waals surface area contributed by atoms with Crippen molar-refractivity contribution in [2.45, 2.75) is 0 Å². The van der Waals surface area contributed by atoms with Crippen molar-refractivity contribution in [2.24, 2.45) is 0 Å². The summed E-state index contributed by atoms with van der Waals surface area (Å²) in [4.78, 5) is 7.50. The van der Waals surface area contributed by atoms with Crippen LogP contribution in [0.5, 0.6) is 0 Å². The van der Waals surface area contributed by atoms with Gasteiger partial charge in [0.25, 0.3) is 0 Å². The third kappa shape index (κ3) is 17.8. The molecule has 0 amide bonds. The molecule has 11 heavy (non-hydrogen) atoms. The van der Waals surface area contributed by atoms with Crippen molar-refractivity contribution >= 4 is 0 Å². The third-order valence-corrected chi connectivity index (χ3v) is 0.667. The molecule has 0 heterocycles. The summed E-state index contributed by atoms with van der Waals surface area (Å²) in [5.41, 5.74) is 4.50. The number of hydrogen-bond acceptors (Lipinski definition) is 2. The van der Waals surface area contributed by atoms with E-state index in [1.165, 1.54) is 0 Å². The maximum absolute atomic E-state index is 7.50. The van der Waals surface area contributed by atoms with E-state index in [0.717, 1.165) is 0 Å². The van der Waals surface area contributed by atoms with Gasteiger partial charge in [0.1, 0.15) is 0 Å². The normalized spacial score (nSPS) is 4.73. The Morgan fingerprint density at radius 1 is 0.636 bits per heavy atom. The Labute approximate surface area is 88.8 Å². The molecule has 1 aromatic rings. The van der Waals surface area contributed by atoms with Crippen LogP contribution in [0.25, 0.3) is 0 Å². The molecular weight excluding hydrogens is 229 g/mol. The van der Waals surface area contributed by atoms with Crippen LogP contribution in [0.1, 0.15) is 0 Å². The Bertz CT molecular complexity index is 103. The van der Waals surface area contributed by atoms with Crippen molar-refractivity contribution in [1.29, 1.82) is 5.59 Å². The van der Waals surface area contributed by atoms with Crippen LogP contribution < -0.4 is 24.8 Å². The molecule has 0 aromatic heterocycles. The summed E-state index contributed by atoms with van der Waals surface area (Å²) in [5.74, 6) is 0. The van der Waals surface area contributed by atoms with Gasteiger partial charge in [0.2, 0.25) is 0 Å². The van der Waals surface area contributed by atoms with E-state index in [1.807, 2.05) is 36.4 Å². The molecule has 1 rings (SSSR count). The molecule has 0 unspecified atom stereocenters. The third-order valence-electron chi connectivity index (χ3n) is 0.667. The number of hydrogen-bond donors (Lipinski definition) is 1. The van der Waals surface area contributed by atoms with Crippen molar-refractivity contribution in [2.75, 3.05) is 0 Å². The smallest absolute Gasteiger partial charge is 1.00 e. The molecule has 1 aromatic carbocycles. The molecular formula is C6H7Cl2FeNO. The Morgan fingerprint density at radius 2 is 0.727 bits per heavy atom. The maximum atomic E-state index is 7.50. The van der Waals surface area contributed by atoms with Crippen LogP contribution in [0.4, 0.5) is 0 Å². The number of halogens is 2. The standard InChI is InChI=1S/C6H6.2ClH.Fe.HNO/c1-2-4-6-5-3-1;;;;1-2/h1-6H;2*1H;;1H/q;;;+2;/p-2. The first-order chi connectivity index (χ1) is 4.00. The fourth-order valence-corrected chi connectivity index (χ4v) is 0.385. The molecule has 0 aliphatic heterocycles. The molecule has 2 nitrogen and oxygen atoms in total. The summed E-state index contributed by atoms with van der Waals surface area (Å²) in [6, 6.07) is 12.0. The van der Waals surface area contributed by atoms with Crippen LogP contribution in [0, 0.1) is 10.5 Å². The maximum Gasteiger partial charge on any atom is 2.00 e. The summed E-state index contributed by atoms with van der Waals surface area (Å²) in [7, 11) is 0. The van der Waals surface area contributed by atoms with Gasteiger partial charge in [-0.1, -0.05) is 42.0 Å². The minimum Gasteiger partial charge on any atom is -1.00 e. The van der Waals surface area contributed by atoms with Gasteiger partial charge < -0.3 is 24.8 Å². The number of nitrogens with one attached hydrogen (secondary N) is 1. The van der Waals surface area contributed by atoms with Crippen LogP contribution in [-0.4, -0.2) is 0 Å². The second-order valence-electron chi connectivity index (χ2n) is 1.15. The molecule has 5 heteroatoms. The van der Waals surface area contributed by atoms with Gasteiger partial charge in [-0.3, -0.25) is 0 Å². The molecule has 0 aliphatic rings. The van der Waals surface area contributed by atoms with Gasteiger partial charge in [-0.15, -0.1) is 0 Å². The summed E-state index contributed by atoms with van der Waals surface area (Å²) in [6.45, 7) is 0. The number of rotatable bonds is 0. The monoisotopic (exact) mass is 235 g/mol. The van der Waals surface area contributed by atoms with Crippen LogP contribution in [0.2, 0.25) is 0 Å². The first kappa shape index (κ1) is 22.4. The molecule has 0 fully saturated rings. The van der Waals surface area contributed by atoms with Crippen LogP contribution in [-0.2, 0) is 17.1 Å². The van der Waals surface area contributed by atoms with E-state index in [4.69, 9.17) is 4.91 Å². The number of benzene rings is 1. The quantitative estimate of drug-likeness (QED) is 0.362. The Morgan fingerprint density at radius 3 is 0.818 bits per heavy atom. The van der Waals surface area contributed by atoms with E-state index in [2.05, 4.69) is 5.59 Å². The average molecular weight is 236 g/mol. The van der Waals surface area contributed by atoms with Gasteiger partial charge in [-0.05, 0) is 0 Å². The molecule has 0 saturated heterocycles. The fraction of sp³-hybridized carbons (Fsp3) is 0. The molecule has 0 saturated carbocycles. The Kier molecular flexibility index (Phi) is 45.9. The van der Waals surface area contributed by atoms with E-state index in [1.54, 1.807) is 0 Å². The van der Waals surface area contributed by atoms with E-state index in [0.29, 0.717) is 0 Å². The second-order valence-corrected chi connectivity index (χ2v) is 1.15. The molecule has 0 aliphatic carbocycles. The zero-order chi connectivity index (χ0) is 6.24. The summed E-state index contributed by atoms with van der Waals surface area (Å²) >= 11 is 0. The zero-order valence-corrected chi connectivity index (χ0v) is 8.10. The minimum atomic E-state index is 0. The molecule has 0 radical (unpaired) electrons. The Hall–Kier alpha value is -0.0805. The van der Waals surface area contributed by atoms with Crippen LogP contribution >= 0.6 is 0 Å². The second kappa shape index (κ2) is 22.5. The number of nitroso groups, excluding NO2 is 1. The minimum absolute atomic E-state index is 0. The van der Waals surface area contributed by atoms with Gasteiger partial charge in [0, 0.05) is 0 Å². The summed E-state index contributed by atoms with van der Waals surface area (Å²) < 4.78 is 0. The first-order valence-corrected chi connectivity index (χ1v) is 2.20. The van der Waals surface area contributed by atoms with Gasteiger partial charge in [0.05, 0.1) is 0 Å². The molecule has 0 bridgehead atoms. The largest absolute Gasteiger partial charge is 2.00 e. The van der Waals surface area contributed by atoms with E-state index in [9.17, 15) is 0 Å². The van der Waals surface area contributed by atoms with Crippen molar-refractivity contribution in [3.63, 3.8) is 0 Å². The average Bonchev–Trinajstić information content (AvgIpc) is 1.96. The van der Waals surface area contributed by atoms with E-state index < -0.39 is 0 Å². The van der Waals surface area contributed by atoms with Gasteiger partial charge >= 0.3 is 17.1 Å². The van der Waals surface area contributed by atoms with Crippen molar-refractivity contribution < 1.29 is 41.9 Å². The van der Waals surface area contributed by atoms with Crippen molar-refractivity contribution in [3.8, 4) is 0 Å². The predicted molar refractivity (Wildman–Crippen MR) is 32.5 cm³/mol.